The molecule has 36 heavy (non-hydrogen) atoms. The molecule has 2 aromatic heterocycles. The topological polar surface area (TPSA) is 144 Å². The summed E-state index contributed by atoms with van der Waals surface area (Å²) in [6.07, 6.45) is 5.64. The maximum atomic E-state index is 14.9. The Hall–Kier alpha value is -3.85. The molecule has 2 aliphatic rings. The summed E-state index contributed by atoms with van der Waals surface area (Å²) in [6.45, 7) is 1.32. The molecule has 1 saturated carbocycles. The van der Waals surface area contributed by atoms with Crippen molar-refractivity contribution in [2.24, 2.45) is 11.7 Å². The van der Waals surface area contributed by atoms with Crippen LogP contribution in [0, 0.1) is 28.9 Å². The maximum absolute atomic E-state index is 14.9. The van der Waals surface area contributed by atoms with E-state index in [2.05, 4.69) is 20.6 Å². The molecule has 1 aliphatic heterocycles. The first-order valence-corrected chi connectivity index (χ1v) is 12.0. The number of ether oxygens (including phenoxy) is 1. The number of aromatic nitrogens is 4. The standard InChI is InChI=1S/C24H26F2N8O2/c25-17-6-3-14(11-27)19(26)20(17)32-24-31-18-12-29-23(30-15-7-9-36-10-8-15)33-22(18)34(24)16-4-1-13(2-5-16)21(28)35/h3,6,12-13,15-16H,1-2,4-5,7-10H2,(H2,28,35)(H,31,32)(H,29,30,33)/t13-,16-. The van der Waals surface area contributed by atoms with E-state index < -0.39 is 17.3 Å². The van der Waals surface area contributed by atoms with Crippen molar-refractivity contribution >= 4 is 34.7 Å². The van der Waals surface area contributed by atoms with Crippen LogP contribution in [-0.2, 0) is 9.53 Å². The molecule has 1 amide bonds. The van der Waals surface area contributed by atoms with E-state index in [-0.39, 0.29) is 35.4 Å². The highest BCUT2D eigenvalue weighted by molar-refractivity contribution is 5.78. The van der Waals surface area contributed by atoms with Crippen LogP contribution in [0.3, 0.4) is 0 Å². The predicted octanol–water partition coefficient (Wildman–Crippen LogP) is 3.53. The third kappa shape index (κ3) is 4.66. The number of hydrogen-bond donors (Lipinski definition) is 3. The lowest BCUT2D eigenvalue weighted by Crippen LogP contribution is -2.29. The zero-order chi connectivity index (χ0) is 25.2. The van der Waals surface area contributed by atoms with Crippen LogP contribution >= 0.6 is 0 Å². The molecule has 188 valence electrons. The van der Waals surface area contributed by atoms with Crippen molar-refractivity contribution in [2.45, 2.75) is 50.6 Å². The number of amides is 1. The number of nitrogens with two attached hydrogens (primary N) is 1. The molecule has 4 N–H and O–H groups in total. The van der Waals surface area contributed by atoms with Crippen molar-refractivity contribution in [1.29, 1.82) is 5.26 Å². The number of halogens is 2. The Kier molecular flexibility index (Phi) is 6.65. The minimum absolute atomic E-state index is 0.135. The van der Waals surface area contributed by atoms with E-state index in [4.69, 9.17) is 15.5 Å². The van der Waals surface area contributed by atoms with Crippen molar-refractivity contribution in [2.75, 3.05) is 23.8 Å². The number of nitriles is 1. The third-order valence-electron chi connectivity index (χ3n) is 6.90. The van der Waals surface area contributed by atoms with E-state index in [0.29, 0.717) is 56.0 Å². The number of fused-ring (bicyclic) bond motifs is 1. The molecule has 0 bridgehead atoms. The molecule has 3 aromatic rings. The van der Waals surface area contributed by atoms with Gasteiger partial charge in [0.2, 0.25) is 17.8 Å². The lowest BCUT2D eigenvalue weighted by Gasteiger charge is -2.29. The van der Waals surface area contributed by atoms with Crippen molar-refractivity contribution in [3.8, 4) is 6.07 Å². The highest BCUT2D eigenvalue weighted by Crippen LogP contribution is 2.37. The highest BCUT2D eigenvalue weighted by Gasteiger charge is 2.30. The molecule has 3 heterocycles. The monoisotopic (exact) mass is 496 g/mol. The number of hydrogen-bond acceptors (Lipinski definition) is 8. The van der Waals surface area contributed by atoms with E-state index in [1.54, 1.807) is 16.8 Å². The molecule has 5 rings (SSSR count). The van der Waals surface area contributed by atoms with Gasteiger partial charge in [0.1, 0.15) is 23.1 Å². The Morgan fingerprint density at radius 2 is 1.89 bits per heavy atom. The van der Waals surface area contributed by atoms with Crippen LogP contribution in [0.25, 0.3) is 11.2 Å². The number of carbonyl (C=O) groups is 1. The summed E-state index contributed by atoms with van der Waals surface area (Å²) >= 11 is 0. The smallest absolute Gasteiger partial charge is 0.224 e. The second-order valence-corrected chi connectivity index (χ2v) is 9.17. The van der Waals surface area contributed by atoms with E-state index in [9.17, 15) is 18.8 Å². The fourth-order valence-electron chi connectivity index (χ4n) is 4.90. The summed E-state index contributed by atoms with van der Waals surface area (Å²) in [5, 5.41) is 15.3. The van der Waals surface area contributed by atoms with E-state index in [0.717, 1.165) is 25.0 Å². The Morgan fingerprint density at radius 1 is 1.14 bits per heavy atom. The first-order chi connectivity index (χ1) is 17.4. The third-order valence-corrected chi connectivity index (χ3v) is 6.90. The van der Waals surface area contributed by atoms with Gasteiger partial charge in [-0.05, 0) is 50.7 Å². The van der Waals surface area contributed by atoms with Crippen LogP contribution in [0.1, 0.15) is 50.1 Å². The number of anilines is 3. The molecular weight excluding hydrogens is 470 g/mol. The van der Waals surface area contributed by atoms with E-state index in [1.165, 1.54) is 0 Å². The maximum Gasteiger partial charge on any atom is 0.224 e. The lowest BCUT2D eigenvalue weighted by atomic mass is 9.85. The summed E-state index contributed by atoms with van der Waals surface area (Å²) in [6, 6.07) is 3.88. The van der Waals surface area contributed by atoms with Crippen molar-refractivity contribution < 1.29 is 18.3 Å². The minimum atomic E-state index is -0.999. The Morgan fingerprint density at radius 3 is 2.58 bits per heavy atom. The number of imidazole rings is 1. The van der Waals surface area contributed by atoms with Crippen LogP contribution in [0.2, 0.25) is 0 Å². The number of benzene rings is 1. The van der Waals surface area contributed by atoms with Gasteiger partial charge >= 0.3 is 0 Å². The number of primary amides is 1. The van der Waals surface area contributed by atoms with Gasteiger partial charge in [0.05, 0.1) is 11.8 Å². The molecular formula is C24H26F2N8O2. The zero-order valence-electron chi connectivity index (χ0n) is 19.5. The van der Waals surface area contributed by atoms with Gasteiger partial charge in [0.15, 0.2) is 11.5 Å². The Balaban J connectivity index is 1.54. The molecule has 0 spiro atoms. The van der Waals surface area contributed by atoms with Gasteiger partial charge in [0.25, 0.3) is 0 Å². The average molecular weight is 497 g/mol. The van der Waals surface area contributed by atoms with Crippen LogP contribution in [0.15, 0.2) is 18.3 Å². The quantitative estimate of drug-likeness (QED) is 0.470. The predicted molar refractivity (Wildman–Crippen MR) is 127 cm³/mol. The average Bonchev–Trinajstić information content (AvgIpc) is 3.24. The SMILES string of the molecule is N#Cc1ccc(F)c(Nc2nc3cnc(NC4CCOCC4)nc3n2[C@H]2CC[C@H](C(N)=O)CC2)c1F. The molecule has 0 radical (unpaired) electrons. The van der Waals surface area contributed by atoms with Gasteiger partial charge in [-0.3, -0.25) is 9.36 Å². The fraction of sp³-hybridized carbons (Fsp3) is 0.458. The first kappa shape index (κ1) is 23.9. The summed E-state index contributed by atoms with van der Waals surface area (Å²) < 4.78 is 36.7. The normalized spacial score (nSPS) is 20.7. The van der Waals surface area contributed by atoms with Crippen molar-refractivity contribution in [3.63, 3.8) is 0 Å². The second kappa shape index (κ2) is 10.0. The van der Waals surface area contributed by atoms with Crippen LogP contribution in [0.4, 0.5) is 26.4 Å². The molecule has 1 saturated heterocycles. The Labute approximate surface area is 205 Å². The van der Waals surface area contributed by atoms with Gasteiger partial charge in [-0.25, -0.2) is 18.7 Å². The highest BCUT2D eigenvalue weighted by atomic mass is 19.1. The molecule has 0 unspecified atom stereocenters. The van der Waals surface area contributed by atoms with Crippen molar-refractivity contribution in [1.82, 2.24) is 19.5 Å². The summed E-state index contributed by atoms with van der Waals surface area (Å²) in [4.78, 5) is 25.3. The van der Waals surface area contributed by atoms with Gasteiger partial charge < -0.3 is 21.1 Å². The molecule has 0 atom stereocenters. The fourth-order valence-corrected chi connectivity index (χ4v) is 4.90. The van der Waals surface area contributed by atoms with Crippen molar-refractivity contribution in [3.05, 3.63) is 35.5 Å². The van der Waals surface area contributed by atoms with Gasteiger partial charge in [-0.15, -0.1) is 0 Å². The van der Waals surface area contributed by atoms with E-state index in [1.807, 2.05) is 0 Å². The first-order valence-electron chi connectivity index (χ1n) is 12.0. The zero-order valence-corrected chi connectivity index (χ0v) is 19.5. The minimum Gasteiger partial charge on any atom is -0.381 e. The molecule has 1 aliphatic carbocycles. The molecule has 10 nitrogen and oxygen atoms in total. The Bertz CT molecular complexity index is 1320. The van der Waals surface area contributed by atoms with Crippen LogP contribution in [-0.4, -0.2) is 44.7 Å². The second-order valence-electron chi connectivity index (χ2n) is 9.17. The molecule has 1 aromatic carbocycles. The van der Waals surface area contributed by atoms with Crippen LogP contribution < -0.4 is 16.4 Å². The summed E-state index contributed by atoms with van der Waals surface area (Å²) in [7, 11) is 0. The number of rotatable bonds is 6. The van der Waals surface area contributed by atoms with E-state index >= 15 is 0 Å². The number of carbonyl (C=O) groups excluding carboxylic acids is 1. The largest absolute Gasteiger partial charge is 0.381 e. The van der Waals surface area contributed by atoms with Gasteiger partial charge in [0, 0.05) is 31.2 Å². The summed E-state index contributed by atoms with van der Waals surface area (Å²) in [5.41, 5.74) is 5.70. The number of nitrogens with one attached hydrogen (secondary N) is 2. The molecule has 12 heteroatoms. The summed E-state index contributed by atoms with van der Waals surface area (Å²) in [5.74, 6) is -1.79. The molecule has 2 fully saturated rings. The van der Waals surface area contributed by atoms with Gasteiger partial charge in [-0.2, -0.15) is 10.2 Å². The lowest BCUT2D eigenvalue weighted by molar-refractivity contribution is -0.122. The van der Waals surface area contributed by atoms with Crippen LogP contribution in [0.5, 0.6) is 0 Å². The number of nitrogens with zero attached hydrogens (tertiary/aromatic N) is 5. The van der Waals surface area contributed by atoms with Gasteiger partial charge in [-0.1, -0.05) is 0 Å².